The maximum atomic E-state index is 11.9. The third-order valence-corrected chi connectivity index (χ3v) is 3.58. The first-order valence-corrected chi connectivity index (χ1v) is 6.22. The number of aliphatic carboxylic acids is 1. The van der Waals surface area contributed by atoms with Crippen LogP contribution in [0.5, 0.6) is 0 Å². The number of rotatable bonds is 3. The topological polar surface area (TPSA) is 69.6 Å². The lowest BCUT2D eigenvalue weighted by atomic mass is 10.2. The molecule has 7 heteroatoms. The zero-order valence-corrected chi connectivity index (χ0v) is 12.2. The van der Waals surface area contributed by atoms with Gasteiger partial charge in [0.15, 0.2) is 0 Å². The maximum absolute atomic E-state index is 11.9. The molecule has 0 heterocycles. The summed E-state index contributed by atoms with van der Waals surface area (Å²) >= 11 is 12.0. The van der Waals surface area contributed by atoms with Gasteiger partial charge < -0.3 is 15.3 Å². The van der Waals surface area contributed by atoms with E-state index in [0.29, 0.717) is 10.0 Å². The van der Waals surface area contributed by atoms with Crippen LogP contribution < -0.4 is 5.32 Å². The van der Waals surface area contributed by atoms with Crippen LogP contribution in [0.25, 0.3) is 0 Å². The van der Waals surface area contributed by atoms with Crippen LogP contribution in [0.1, 0.15) is 12.5 Å². The van der Waals surface area contributed by atoms with E-state index in [0.717, 1.165) is 10.5 Å². The number of carbonyl (C=O) groups excluding carboxylic acids is 1. The minimum atomic E-state index is -1.10. The summed E-state index contributed by atoms with van der Waals surface area (Å²) in [6.45, 7) is 3.18. The number of hydrogen-bond donors (Lipinski definition) is 2. The van der Waals surface area contributed by atoms with Crippen molar-refractivity contribution in [1.82, 2.24) is 4.90 Å². The van der Waals surface area contributed by atoms with Gasteiger partial charge in [0, 0.05) is 7.05 Å². The van der Waals surface area contributed by atoms with Crippen LogP contribution in [0, 0.1) is 6.92 Å². The first-order valence-electron chi connectivity index (χ1n) is 5.47. The van der Waals surface area contributed by atoms with Crippen molar-refractivity contribution >= 4 is 40.9 Å². The zero-order valence-electron chi connectivity index (χ0n) is 10.7. The van der Waals surface area contributed by atoms with Crippen LogP contribution in [0.15, 0.2) is 12.1 Å². The van der Waals surface area contributed by atoms with E-state index < -0.39 is 18.0 Å². The second-order valence-corrected chi connectivity index (χ2v) is 4.89. The van der Waals surface area contributed by atoms with Crippen molar-refractivity contribution in [2.24, 2.45) is 0 Å². The summed E-state index contributed by atoms with van der Waals surface area (Å²) in [6.07, 6.45) is 0. The summed E-state index contributed by atoms with van der Waals surface area (Å²) in [5.41, 5.74) is 1.04. The molecule has 1 atom stereocenters. The number of carbonyl (C=O) groups is 2. The molecule has 0 aliphatic rings. The number of amides is 2. The van der Waals surface area contributed by atoms with Gasteiger partial charge in [0.25, 0.3) is 0 Å². The van der Waals surface area contributed by atoms with Crippen molar-refractivity contribution < 1.29 is 14.7 Å². The number of benzene rings is 1. The molecule has 19 heavy (non-hydrogen) atoms. The second-order valence-electron chi connectivity index (χ2n) is 4.11. The van der Waals surface area contributed by atoms with Gasteiger partial charge in [-0.2, -0.15) is 0 Å². The predicted octanol–water partition coefficient (Wildman–Crippen LogP) is 3.24. The lowest BCUT2D eigenvalue weighted by molar-refractivity contribution is -0.141. The second kappa shape index (κ2) is 6.12. The zero-order chi connectivity index (χ0) is 14.7. The number of likely N-dealkylation sites (N-methyl/N-ethyl adjacent to an activating group) is 1. The molecule has 1 unspecified atom stereocenters. The predicted molar refractivity (Wildman–Crippen MR) is 75.1 cm³/mol. The molecule has 0 saturated carbocycles. The molecule has 0 aromatic heterocycles. The Labute approximate surface area is 121 Å². The van der Waals surface area contributed by atoms with Gasteiger partial charge in [-0.05, 0) is 25.5 Å². The Morgan fingerprint density at radius 2 is 1.95 bits per heavy atom. The minimum absolute atomic E-state index is 0.276. The average Bonchev–Trinajstić information content (AvgIpc) is 2.37. The number of halogens is 2. The largest absolute Gasteiger partial charge is 0.480 e. The average molecular weight is 305 g/mol. The molecule has 0 aliphatic carbocycles. The van der Waals surface area contributed by atoms with Crippen molar-refractivity contribution in [2.75, 3.05) is 12.4 Å². The molecule has 2 N–H and O–H groups in total. The van der Waals surface area contributed by atoms with Crippen LogP contribution in [0.3, 0.4) is 0 Å². The van der Waals surface area contributed by atoms with Crippen LogP contribution in [0.2, 0.25) is 10.0 Å². The Bertz CT molecular complexity index is 520. The Morgan fingerprint density at radius 1 is 1.37 bits per heavy atom. The van der Waals surface area contributed by atoms with Gasteiger partial charge in [-0.25, -0.2) is 9.59 Å². The van der Waals surface area contributed by atoms with Crippen LogP contribution >= 0.6 is 23.2 Å². The van der Waals surface area contributed by atoms with E-state index in [1.54, 1.807) is 19.1 Å². The third kappa shape index (κ3) is 3.52. The number of nitrogens with zero attached hydrogens (tertiary/aromatic N) is 1. The van der Waals surface area contributed by atoms with Gasteiger partial charge in [-0.15, -0.1) is 0 Å². The summed E-state index contributed by atoms with van der Waals surface area (Å²) in [7, 11) is 1.38. The van der Waals surface area contributed by atoms with E-state index in [4.69, 9.17) is 28.3 Å². The smallest absolute Gasteiger partial charge is 0.326 e. The van der Waals surface area contributed by atoms with E-state index in [2.05, 4.69) is 5.32 Å². The molecule has 0 radical (unpaired) electrons. The number of aryl methyl sites for hydroxylation is 1. The van der Waals surface area contributed by atoms with E-state index in [1.165, 1.54) is 14.0 Å². The molecule has 5 nitrogen and oxygen atoms in total. The molecule has 0 saturated heterocycles. The molecule has 0 bridgehead atoms. The summed E-state index contributed by atoms with van der Waals surface area (Å²) in [5.74, 6) is -1.10. The minimum Gasteiger partial charge on any atom is -0.480 e. The Morgan fingerprint density at radius 3 is 2.47 bits per heavy atom. The molecule has 0 fully saturated rings. The number of anilines is 1. The normalized spacial score (nSPS) is 11.8. The van der Waals surface area contributed by atoms with E-state index in [1.807, 2.05) is 0 Å². The summed E-state index contributed by atoms with van der Waals surface area (Å²) in [4.78, 5) is 23.8. The standard InChI is InChI=1S/C12H14Cl2N2O3/c1-6-4-5-8(13)10(9(6)14)15-12(19)16(3)7(2)11(17)18/h4-5,7H,1-3H3,(H,15,19)(H,17,18). The number of hydrogen-bond acceptors (Lipinski definition) is 2. The molecule has 1 aromatic rings. The van der Waals surface area contributed by atoms with Crippen LogP contribution in [-0.4, -0.2) is 35.1 Å². The van der Waals surface area contributed by atoms with E-state index >= 15 is 0 Å². The summed E-state index contributed by atoms with van der Waals surface area (Å²) in [5, 5.41) is 12.0. The van der Waals surface area contributed by atoms with Gasteiger partial charge >= 0.3 is 12.0 Å². The Hall–Kier alpha value is -1.46. The maximum Gasteiger partial charge on any atom is 0.326 e. The number of carboxylic acids is 1. The first-order chi connectivity index (χ1) is 8.75. The molecule has 104 valence electrons. The first kappa shape index (κ1) is 15.6. The lowest BCUT2D eigenvalue weighted by Gasteiger charge is -2.22. The quantitative estimate of drug-likeness (QED) is 0.900. The van der Waals surface area contributed by atoms with Crippen LogP contribution in [-0.2, 0) is 4.79 Å². The molecule has 1 rings (SSSR count). The van der Waals surface area contributed by atoms with Gasteiger partial charge in [0.2, 0.25) is 0 Å². The Kier molecular flexibility index (Phi) is 5.03. The number of nitrogens with one attached hydrogen (secondary N) is 1. The highest BCUT2D eigenvalue weighted by atomic mass is 35.5. The fourth-order valence-corrected chi connectivity index (χ4v) is 1.77. The molecular weight excluding hydrogens is 291 g/mol. The van der Waals surface area contributed by atoms with Gasteiger partial charge in [0.05, 0.1) is 15.7 Å². The monoisotopic (exact) mass is 304 g/mol. The van der Waals surface area contributed by atoms with Gasteiger partial charge in [0.1, 0.15) is 6.04 Å². The number of carboxylic acid groups (broad SMARTS) is 1. The van der Waals surface area contributed by atoms with Gasteiger partial charge in [-0.3, -0.25) is 0 Å². The summed E-state index contributed by atoms with van der Waals surface area (Å²) < 4.78 is 0. The van der Waals surface area contributed by atoms with E-state index in [9.17, 15) is 9.59 Å². The highest BCUT2D eigenvalue weighted by molar-refractivity contribution is 6.40. The highest BCUT2D eigenvalue weighted by Gasteiger charge is 2.23. The molecule has 2 amide bonds. The van der Waals surface area contributed by atoms with Crippen LogP contribution in [0.4, 0.5) is 10.5 Å². The molecule has 0 spiro atoms. The van der Waals surface area contributed by atoms with Crippen molar-refractivity contribution in [2.45, 2.75) is 19.9 Å². The number of urea groups is 1. The Balaban J connectivity index is 2.95. The molecule has 0 aliphatic heterocycles. The summed E-state index contributed by atoms with van der Waals surface area (Å²) in [6, 6.07) is 1.79. The van der Waals surface area contributed by atoms with Gasteiger partial charge in [-0.1, -0.05) is 29.3 Å². The SMILES string of the molecule is Cc1ccc(Cl)c(NC(=O)N(C)C(C)C(=O)O)c1Cl. The van der Waals surface area contributed by atoms with Crippen molar-refractivity contribution in [1.29, 1.82) is 0 Å². The highest BCUT2D eigenvalue weighted by Crippen LogP contribution is 2.33. The van der Waals surface area contributed by atoms with Crippen molar-refractivity contribution in [3.05, 3.63) is 27.7 Å². The third-order valence-electron chi connectivity index (χ3n) is 2.77. The molecule has 1 aromatic carbocycles. The fourth-order valence-electron chi connectivity index (χ4n) is 1.31. The molecular formula is C12H14Cl2N2O3. The van der Waals surface area contributed by atoms with Crippen molar-refractivity contribution in [3.8, 4) is 0 Å². The van der Waals surface area contributed by atoms with E-state index in [-0.39, 0.29) is 5.69 Å². The lowest BCUT2D eigenvalue weighted by Crippen LogP contribution is -2.42. The van der Waals surface area contributed by atoms with Crippen molar-refractivity contribution in [3.63, 3.8) is 0 Å². The fraction of sp³-hybridized carbons (Fsp3) is 0.333.